The van der Waals surface area contributed by atoms with Gasteiger partial charge in [-0.1, -0.05) is 19.8 Å². The average molecular weight is 283 g/mol. The molecule has 2 aromatic heterocycles. The number of halogens is 1. The van der Waals surface area contributed by atoms with E-state index in [0.717, 1.165) is 29.1 Å². The van der Waals surface area contributed by atoms with E-state index in [1.165, 1.54) is 12.8 Å². The first-order valence-corrected chi connectivity index (χ1v) is 7.46. The summed E-state index contributed by atoms with van der Waals surface area (Å²) < 4.78 is 4.19. The van der Waals surface area contributed by atoms with Crippen LogP contribution < -0.4 is 0 Å². The molecule has 106 valence electrons. The van der Waals surface area contributed by atoms with Gasteiger partial charge in [-0.2, -0.15) is 5.10 Å². The molecule has 4 nitrogen and oxygen atoms in total. The molecule has 0 radical (unpaired) electrons. The minimum atomic E-state index is -0.0872. The van der Waals surface area contributed by atoms with E-state index < -0.39 is 0 Å². The fourth-order valence-corrected chi connectivity index (χ4v) is 2.81. The van der Waals surface area contributed by atoms with Crippen LogP contribution in [0.25, 0.3) is 11.2 Å². The van der Waals surface area contributed by atoms with Crippen molar-refractivity contribution < 1.29 is 0 Å². The van der Waals surface area contributed by atoms with Gasteiger partial charge in [-0.3, -0.25) is 4.68 Å². The lowest BCUT2D eigenvalue weighted by atomic mass is 10.1. The fourth-order valence-electron chi connectivity index (χ4n) is 2.66. The zero-order valence-corrected chi connectivity index (χ0v) is 13.2. The Morgan fingerprint density at radius 1 is 1.32 bits per heavy atom. The summed E-state index contributed by atoms with van der Waals surface area (Å²) in [6, 6.07) is 0.399. The van der Waals surface area contributed by atoms with Crippen LogP contribution in [0.15, 0.2) is 0 Å². The highest BCUT2D eigenvalue weighted by molar-refractivity contribution is 6.20. The molecule has 2 aromatic rings. The van der Waals surface area contributed by atoms with Crippen molar-refractivity contribution in [1.82, 2.24) is 19.3 Å². The van der Waals surface area contributed by atoms with Gasteiger partial charge in [0.25, 0.3) is 0 Å². The molecular formula is C14H23ClN4. The number of aromatic nitrogens is 4. The molecule has 0 fully saturated rings. The second-order valence-corrected chi connectivity index (χ2v) is 5.98. The quantitative estimate of drug-likeness (QED) is 0.773. The van der Waals surface area contributed by atoms with Crippen molar-refractivity contribution in [2.75, 3.05) is 0 Å². The molecule has 0 aliphatic carbocycles. The highest BCUT2D eigenvalue weighted by Crippen LogP contribution is 2.30. The van der Waals surface area contributed by atoms with E-state index >= 15 is 0 Å². The molecule has 2 unspecified atom stereocenters. The first kappa shape index (κ1) is 14.4. The summed E-state index contributed by atoms with van der Waals surface area (Å²) in [5, 5.41) is 4.38. The number of nitrogens with zero attached hydrogens (tertiary/aromatic N) is 4. The Morgan fingerprint density at radius 2 is 2.00 bits per heavy atom. The van der Waals surface area contributed by atoms with Gasteiger partial charge in [-0.15, -0.1) is 11.6 Å². The van der Waals surface area contributed by atoms with E-state index in [4.69, 9.17) is 16.6 Å². The molecule has 0 aromatic carbocycles. The Morgan fingerprint density at radius 3 is 2.58 bits per heavy atom. The topological polar surface area (TPSA) is 35.6 Å². The van der Waals surface area contributed by atoms with Crippen molar-refractivity contribution in [2.24, 2.45) is 7.05 Å². The van der Waals surface area contributed by atoms with E-state index in [1.54, 1.807) is 0 Å². The van der Waals surface area contributed by atoms with Gasteiger partial charge in [0.15, 0.2) is 5.65 Å². The minimum absolute atomic E-state index is 0.0872. The second kappa shape index (κ2) is 5.53. The van der Waals surface area contributed by atoms with Crippen molar-refractivity contribution in [2.45, 2.75) is 58.4 Å². The molecule has 0 bridgehead atoms. The number of fused-ring (bicyclic) bond motifs is 1. The maximum absolute atomic E-state index is 6.31. The number of aryl methyl sites for hydroxylation is 2. The van der Waals surface area contributed by atoms with Crippen LogP contribution in [-0.2, 0) is 7.05 Å². The number of hydrogen-bond donors (Lipinski definition) is 0. The van der Waals surface area contributed by atoms with Crippen LogP contribution in [0, 0.1) is 6.92 Å². The van der Waals surface area contributed by atoms with Crippen molar-refractivity contribution in [3.8, 4) is 0 Å². The lowest BCUT2D eigenvalue weighted by Crippen LogP contribution is -2.12. The second-order valence-electron chi connectivity index (χ2n) is 5.33. The van der Waals surface area contributed by atoms with Crippen LogP contribution in [0.3, 0.4) is 0 Å². The van der Waals surface area contributed by atoms with Gasteiger partial charge >= 0.3 is 0 Å². The number of rotatable bonds is 5. The zero-order chi connectivity index (χ0) is 14.2. The lowest BCUT2D eigenvalue weighted by molar-refractivity contribution is 0.472. The predicted octanol–water partition coefficient (Wildman–Crippen LogP) is 4.13. The highest BCUT2D eigenvalue weighted by Gasteiger charge is 2.22. The van der Waals surface area contributed by atoms with Gasteiger partial charge in [0.1, 0.15) is 11.3 Å². The SMILES string of the molecule is CCCCC(C)n1c(C(C)Cl)nc2c(C)nn(C)c21. The summed E-state index contributed by atoms with van der Waals surface area (Å²) in [5.41, 5.74) is 3.04. The first-order valence-electron chi connectivity index (χ1n) is 7.02. The molecule has 0 saturated heterocycles. The molecule has 0 aliphatic rings. The Bertz CT molecular complexity index is 568. The smallest absolute Gasteiger partial charge is 0.158 e. The predicted molar refractivity (Wildman–Crippen MR) is 79.7 cm³/mol. The van der Waals surface area contributed by atoms with E-state index in [1.807, 2.05) is 25.6 Å². The lowest BCUT2D eigenvalue weighted by Gasteiger charge is -2.18. The number of alkyl halides is 1. The van der Waals surface area contributed by atoms with Gasteiger partial charge in [-0.25, -0.2) is 4.98 Å². The minimum Gasteiger partial charge on any atom is -0.309 e. The molecule has 2 atom stereocenters. The molecule has 0 amide bonds. The Kier molecular flexibility index (Phi) is 4.19. The largest absolute Gasteiger partial charge is 0.309 e. The van der Waals surface area contributed by atoms with Crippen LogP contribution in [0.4, 0.5) is 0 Å². The van der Waals surface area contributed by atoms with Crippen LogP contribution in [0.2, 0.25) is 0 Å². The molecule has 0 saturated carbocycles. The third-order valence-corrected chi connectivity index (χ3v) is 3.83. The molecule has 0 aliphatic heterocycles. The summed E-state index contributed by atoms with van der Waals surface area (Å²) >= 11 is 6.31. The van der Waals surface area contributed by atoms with Crippen molar-refractivity contribution >= 4 is 22.8 Å². The summed E-state index contributed by atoms with van der Waals surface area (Å²) in [6.07, 6.45) is 3.56. The van der Waals surface area contributed by atoms with Gasteiger partial charge < -0.3 is 4.57 Å². The summed E-state index contributed by atoms with van der Waals surface area (Å²) in [4.78, 5) is 4.71. The van der Waals surface area contributed by atoms with Crippen LogP contribution in [0.5, 0.6) is 0 Å². The van der Waals surface area contributed by atoms with E-state index in [9.17, 15) is 0 Å². The highest BCUT2D eigenvalue weighted by atomic mass is 35.5. The molecule has 19 heavy (non-hydrogen) atoms. The third-order valence-electron chi connectivity index (χ3n) is 3.63. The van der Waals surface area contributed by atoms with E-state index in [2.05, 4.69) is 23.5 Å². The maximum atomic E-state index is 6.31. The van der Waals surface area contributed by atoms with Gasteiger partial charge in [-0.05, 0) is 27.2 Å². The monoisotopic (exact) mass is 282 g/mol. The zero-order valence-electron chi connectivity index (χ0n) is 12.4. The fraction of sp³-hybridized carbons (Fsp3) is 0.714. The van der Waals surface area contributed by atoms with Gasteiger partial charge in [0, 0.05) is 13.1 Å². The van der Waals surface area contributed by atoms with Crippen molar-refractivity contribution in [3.63, 3.8) is 0 Å². The summed E-state index contributed by atoms with van der Waals surface area (Å²) in [5.74, 6) is 0.955. The molecule has 5 heteroatoms. The molecule has 2 heterocycles. The van der Waals surface area contributed by atoms with E-state index in [0.29, 0.717) is 6.04 Å². The summed E-state index contributed by atoms with van der Waals surface area (Å²) in [7, 11) is 1.97. The average Bonchev–Trinajstić information content (AvgIpc) is 2.86. The Hall–Kier alpha value is -1.03. The number of imidazole rings is 1. The first-order chi connectivity index (χ1) is 8.97. The maximum Gasteiger partial charge on any atom is 0.158 e. The number of unbranched alkanes of at least 4 members (excludes halogenated alkanes) is 1. The molecule has 0 N–H and O–H groups in total. The van der Waals surface area contributed by atoms with E-state index in [-0.39, 0.29) is 5.38 Å². The van der Waals surface area contributed by atoms with Gasteiger partial charge in [0.2, 0.25) is 0 Å². The third kappa shape index (κ3) is 2.50. The normalized spacial score (nSPS) is 15.1. The molecule has 2 rings (SSSR count). The van der Waals surface area contributed by atoms with Crippen LogP contribution in [-0.4, -0.2) is 19.3 Å². The Balaban J connectivity index is 2.57. The van der Waals surface area contributed by atoms with Crippen LogP contribution in [0.1, 0.15) is 63.0 Å². The molecular weight excluding hydrogens is 260 g/mol. The Labute approximate surface area is 119 Å². The van der Waals surface area contributed by atoms with Crippen molar-refractivity contribution in [1.29, 1.82) is 0 Å². The van der Waals surface area contributed by atoms with Crippen molar-refractivity contribution in [3.05, 3.63) is 11.5 Å². The van der Waals surface area contributed by atoms with Gasteiger partial charge in [0.05, 0.1) is 11.1 Å². The molecule has 0 spiro atoms. The standard InChI is InChI=1S/C14H23ClN4/c1-6-7-8-9(2)19-13(10(3)15)16-12-11(4)17-18(5)14(12)19/h9-10H,6-8H2,1-5H3. The number of hydrogen-bond acceptors (Lipinski definition) is 2. The summed E-state index contributed by atoms with van der Waals surface area (Å²) in [6.45, 7) is 8.44. The van der Waals surface area contributed by atoms with Crippen LogP contribution >= 0.6 is 11.6 Å².